The summed E-state index contributed by atoms with van der Waals surface area (Å²) in [6, 6.07) is 8.10. The highest BCUT2D eigenvalue weighted by Gasteiger charge is 2.16. The second-order valence-electron chi connectivity index (χ2n) is 6.61. The Balaban J connectivity index is 0.00000364. The van der Waals surface area contributed by atoms with Crippen LogP contribution < -0.4 is 5.32 Å². The van der Waals surface area contributed by atoms with Crippen molar-refractivity contribution in [3.05, 3.63) is 52.8 Å². The number of nitrogens with one attached hydrogen (secondary N) is 1. The number of halogens is 2. The molecule has 0 bridgehead atoms. The van der Waals surface area contributed by atoms with E-state index in [4.69, 9.17) is 16.6 Å². The SMILES string of the molecule is CCNC(=NCC(c1cnn(C)c1)N(C)C)N(C)Cc1cccc(Cl)c1.I. The van der Waals surface area contributed by atoms with Crippen molar-refractivity contribution in [1.29, 1.82) is 0 Å². The largest absolute Gasteiger partial charge is 0.357 e. The molecule has 0 radical (unpaired) electrons. The molecule has 2 aromatic rings. The molecule has 0 amide bonds. The van der Waals surface area contributed by atoms with Gasteiger partial charge in [-0.2, -0.15) is 5.10 Å². The number of guanidine groups is 1. The molecule has 1 N–H and O–H groups in total. The number of hydrogen-bond acceptors (Lipinski definition) is 3. The second kappa shape index (κ2) is 11.5. The first-order chi connectivity index (χ1) is 12.4. The highest BCUT2D eigenvalue weighted by Crippen LogP contribution is 2.18. The van der Waals surface area contributed by atoms with E-state index in [0.717, 1.165) is 35.2 Å². The molecule has 1 aromatic heterocycles. The summed E-state index contributed by atoms with van der Waals surface area (Å²) < 4.78 is 1.83. The normalized spacial score (nSPS) is 12.6. The molecule has 8 heteroatoms. The fourth-order valence-electron chi connectivity index (χ4n) is 2.81. The maximum Gasteiger partial charge on any atom is 0.194 e. The van der Waals surface area contributed by atoms with Crippen LogP contribution >= 0.6 is 35.6 Å². The predicted molar refractivity (Wildman–Crippen MR) is 124 cm³/mol. The van der Waals surface area contributed by atoms with E-state index >= 15 is 0 Å². The first-order valence-electron chi connectivity index (χ1n) is 8.79. The van der Waals surface area contributed by atoms with Gasteiger partial charge < -0.3 is 15.1 Å². The number of nitrogens with zero attached hydrogens (tertiary/aromatic N) is 5. The van der Waals surface area contributed by atoms with Gasteiger partial charge in [0.25, 0.3) is 0 Å². The zero-order chi connectivity index (χ0) is 19.1. The van der Waals surface area contributed by atoms with Gasteiger partial charge in [-0.1, -0.05) is 23.7 Å². The number of aryl methyl sites for hydroxylation is 1. The Morgan fingerprint density at radius 1 is 1.33 bits per heavy atom. The number of aromatic nitrogens is 2. The zero-order valence-electron chi connectivity index (χ0n) is 16.7. The number of rotatable bonds is 7. The van der Waals surface area contributed by atoms with E-state index < -0.39 is 0 Å². The number of hydrogen-bond donors (Lipinski definition) is 1. The van der Waals surface area contributed by atoms with Gasteiger partial charge in [0.1, 0.15) is 0 Å². The Morgan fingerprint density at radius 3 is 2.63 bits per heavy atom. The molecule has 0 spiro atoms. The first-order valence-corrected chi connectivity index (χ1v) is 9.17. The van der Waals surface area contributed by atoms with Crippen molar-refractivity contribution in [3.63, 3.8) is 0 Å². The summed E-state index contributed by atoms with van der Waals surface area (Å²) in [7, 11) is 8.10. The van der Waals surface area contributed by atoms with Gasteiger partial charge in [-0.05, 0) is 38.7 Å². The van der Waals surface area contributed by atoms with Crippen LogP contribution in [0.4, 0.5) is 0 Å². The molecular weight excluding hydrogens is 475 g/mol. The molecule has 1 aromatic carbocycles. The molecule has 0 fully saturated rings. The fraction of sp³-hybridized carbons (Fsp3) is 0.474. The quantitative estimate of drug-likeness (QED) is 0.357. The molecule has 150 valence electrons. The van der Waals surface area contributed by atoms with Crippen molar-refractivity contribution < 1.29 is 0 Å². The summed E-state index contributed by atoms with van der Waals surface area (Å²) in [6.07, 6.45) is 3.95. The molecule has 1 heterocycles. The highest BCUT2D eigenvalue weighted by molar-refractivity contribution is 14.0. The smallest absolute Gasteiger partial charge is 0.194 e. The topological polar surface area (TPSA) is 48.7 Å². The molecule has 6 nitrogen and oxygen atoms in total. The van der Waals surface area contributed by atoms with Gasteiger partial charge in [0.2, 0.25) is 0 Å². The lowest BCUT2D eigenvalue weighted by Crippen LogP contribution is -2.39. The highest BCUT2D eigenvalue weighted by atomic mass is 127. The third kappa shape index (κ3) is 7.31. The molecule has 0 aliphatic carbocycles. The average molecular weight is 505 g/mol. The van der Waals surface area contributed by atoms with E-state index in [9.17, 15) is 0 Å². The minimum atomic E-state index is 0. The number of aliphatic imine (C=N–C) groups is 1. The van der Waals surface area contributed by atoms with Gasteiger partial charge in [-0.3, -0.25) is 9.67 Å². The molecular formula is C19H30ClIN6. The Labute approximate surface area is 184 Å². The molecule has 1 unspecified atom stereocenters. The molecule has 0 saturated heterocycles. The van der Waals surface area contributed by atoms with Crippen molar-refractivity contribution >= 4 is 41.5 Å². The van der Waals surface area contributed by atoms with Crippen LogP contribution in [-0.2, 0) is 13.6 Å². The minimum Gasteiger partial charge on any atom is -0.357 e. The van der Waals surface area contributed by atoms with Crippen LogP contribution in [0.1, 0.15) is 24.1 Å². The van der Waals surface area contributed by atoms with Gasteiger partial charge in [0, 0.05) is 44.0 Å². The summed E-state index contributed by atoms with van der Waals surface area (Å²) in [4.78, 5) is 9.14. The summed E-state index contributed by atoms with van der Waals surface area (Å²) >= 11 is 6.10. The maximum atomic E-state index is 6.10. The lowest BCUT2D eigenvalue weighted by molar-refractivity contribution is 0.305. The van der Waals surface area contributed by atoms with Crippen molar-refractivity contribution in [2.75, 3.05) is 34.2 Å². The van der Waals surface area contributed by atoms with Gasteiger partial charge in [-0.25, -0.2) is 0 Å². The van der Waals surface area contributed by atoms with Gasteiger partial charge in [0.05, 0.1) is 18.8 Å². The Kier molecular flexibility index (Phi) is 10.1. The van der Waals surface area contributed by atoms with E-state index in [2.05, 4.69) is 47.3 Å². The summed E-state index contributed by atoms with van der Waals surface area (Å²) in [5, 5.41) is 8.41. The molecule has 27 heavy (non-hydrogen) atoms. The van der Waals surface area contributed by atoms with Crippen LogP contribution in [0, 0.1) is 0 Å². The van der Waals surface area contributed by atoms with E-state index in [1.165, 1.54) is 0 Å². The number of benzene rings is 1. The number of likely N-dealkylation sites (N-methyl/N-ethyl adjacent to an activating group) is 1. The average Bonchev–Trinajstić information content (AvgIpc) is 3.00. The summed E-state index contributed by atoms with van der Waals surface area (Å²) in [6.45, 7) is 4.29. The third-order valence-corrected chi connectivity index (χ3v) is 4.39. The van der Waals surface area contributed by atoms with Crippen molar-refractivity contribution in [2.24, 2.45) is 12.0 Å². The molecule has 2 rings (SSSR count). The van der Waals surface area contributed by atoms with Crippen LogP contribution in [-0.4, -0.2) is 59.8 Å². The van der Waals surface area contributed by atoms with Crippen LogP contribution in [0.15, 0.2) is 41.7 Å². The van der Waals surface area contributed by atoms with Crippen LogP contribution in [0.2, 0.25) is 5.02 Å². The second-order valence-corrected chi connectivity index (χ2v) is 7.04. The minimum absolute atomic E-state index is 0. The van der Waals surface area contributed by atoms with E-state index in [1.54, 1.807) is 0 Å². The van der Waals surface area contributed by atoms with E-state index in [-0.39, 0.29) is 30.0 Å². The predicted octanol–water partition coefficient (Wildman–Crippen LogP) is 3.39. The standard InChI is InChI=1S/C19H29ClN6.HI/c1-6-21-19(25(4)13-15-8-7-9-17(20)10-15)22-12-18(24(2)3)16-11-23-26(5)14-16;/h7-11,14,18H,6,12-13H2,1-5H3,(H,21,22);1H. The molecule has 0 saturated carbocycles. The molecule has 0 aliphatic heterocycles. The van der Waals surface area contributed by atoms with E-state index in [0.29, 0.717) is 6.54 Å². The van der Waals surface area contributed by atoms with Crippen molar-refractivity contribution in [3.8, 4) is 0 Å². The third-order valence-electron chi connectivity index (χ3n) is 4.15. The van der Waals surface area contributed by atoms with Gasteiger partial charge >= 0.3 is 0 Å². The fourth-order valence-corrected chi connectivity index (χ4v) is 3.02. The monoisotopic (exact) mass is 504 g/mol. The van der Waals surface area contributed by atoms with Crippen LogP contribution in [0.25, 0.3) is 0 Å². The Morgan fingerprint density at radius 2 is 2.07 bits per heavy atom. The Hall–Kier alpha value is -1.32. The Bertz CT molecular complexity index is 730. The van der Waals surface area contributed by atoms with Crippen LogP contribution in [0.3, 0.4) is 0 Å². The first kappa shape index (κ1) is 23.7. The maximum absolute atomic E-state index is 6.10. The van der Waals surface area contributed by atoms with Gasteiger partial charge in [0.15, 0.2) is 5.96 Å². The van der Waals surface area contributed by atoms with Crippen molar-refractivity contribution in [1.82, 2.24) is 24.9 Å². The lowest BCUT2D eigenvalue weighted by Gasteiger charge is -2.25. The zero-order valence-corrected chi connectivity index (χ0v) is 19.8. The summed E-state index contributed by atoms with van der Waals surface area (Å²) in [5.41, 5.74) is 2.32. The summed E-state index contributed by atoms with van der Waals surface area (Å²) in [5.74, 6) is 0.878. The molecule has 1 atom stereocenters. The van der Waals surface area contributed by atoms with E-state index in [1.807, 2.05) is 49.4 Å². The van der Waals surface area contributed by atoms with Crippen LogP contribution in [0.5, 0.6) is 0 Å². The lowest BCUT2D eigenvalue weighted by atomic mass is 10.1. The van der Waals surface area contributed by atoms with Crippen molar-refractivity contribution in [2.45, 2.75) is 19.5 Å². The van der Waals surface area contributed by atoms with Gasteiger partial charge in [-0.15, -0.1) is 24.0 Å². The molecule has 0 aliphatic rings.